The summed E-state index contributed by atoms with van der Waals surface area (Å²) in [6, 6.07) is 7.91. The monoisotopic (exact) mass is 334 g/mol. The first-order valence-electron chi connectivity index (χ1n) is 8.85. The zero-order valence-corrected chi connectivity index (χ0v) is 14.7. The van der Waals surface area contributed by atoms with Crippen molar-refractivity contribution in [1.29, 1.82) is 0 Å². The van der Waals surface area contributed by atoms with E-state index < -0.39 is 0 Å². The number of halogens is 1. The van der Waals surface area contributed by atoms with Crippen LogP contribution < -0.4 is 10.2 Å². The predicted molar refractivity (Wildman–Crippen MR) is 96.4 cm³/mol. The van der Waals surface area contributed by atoms with Gasteiger partial charge in [-0.1, -0.05) is 12.1 Å². The molecule has 2 fully saturated rings. The summed E-state index contributed by atoms with van der Waals surface area (Å²) in [6.07, 6.45) is 7.94. The highest BCUT2D eigenvalue weighted by Gasteiger charge is 2.35. The van der Waals surface area contributed by atoms with Crippen LogP contribution in [0.3, 0.4) is 0 Å². The van der Waals surface area contributed by atoms with E-state index in [0.717, 1.165) is 25.8 Å². The molecule has 2 bridgehead atoms. The van der Waals surface area contributed by atoms with Crippen LogP contribution in [0.4, 0.5) is 5.69 Å². The number of fused-ring (bicyclic) bond motifs is 3. The van der Waals surface area contributed by atoms with E-state index in [1.807, 2.05) is 0 Å². The molecule has 3 aliphatic heterocycles. The number of carbonyl (C=O) groups excluding carboxylic acids is 1. The van der Waals surface area contributed by atoms with Crippen molar-refractivity contribution in [3.8, 4) is 0 Å². The van der Waals surface area contributed by atoms with Crippen LogP contribution in [0.2, 0.25) is 0 Å². The van der Waals surface area contributed by atoms with Crippen molar-refractivity contribution in [3.05, 3.63) is 29.3 Å². The Labute approximate surface area is 145 Å². The van der Waals surface area contributed by atoms with E-state index >= 15 is 0 Å². The Morgan fingerprint density at radius 1 is 1.26 bits per heavy atom. The molecule has 0 aromatic heterocycles. The second-order valence-electron chi connectivity index (χ2n) is 7.46. The van der Waals surface area contributed by atoms with Gasteiger partial charge in [-0.05, 0) is 68.6 Å². The Hall–Kier alpha value is -1.06. The van der Waals surface area contributed by atoms with Gasteiger partial charge in [0, 0.05) is 30.7 Å². The minimum Gasteiger partial charge on any atom is -0.312 e. The summed E-state index contributed by atoms with van der Waals surface area (Å²) in [6.45, 7) is 3.01. The molecule has 3 aliphatic rings. The number of hydrogen-bond acceptors (Lipinski definition) is 2. The molecule has 4 heteroatoms. The normalized spacial score (nSPS) is 28.9. The van der Waals surface area contributed by atoms with Gasteiger partial charge in [0.05, 0.1) is 0 Å². The SMILES string of the molecule is Cc1ccc2c(c1)N(C(=O)CC1CC3CCC(C1)N3)CCC2.Cl. The van der Waals surface area contributed by atoms with Gasteiger partial charge in [0.25, 0.3) is 0 Å². The zero-order chi connectivity index (χ0) is 15.1. The molecule has 4 rings (SSSR count). The van der Waals surface area contributed by atoms with E-state index in [2.05, 4.69) is 35.3 Å². The summed E-state index contributed by atoms with van der Waals surface area (Å²) >= 11 is 0. The molecule has 2 unspecified atom stereocenters. The molecule has 2 atom stereocenters. The highest BCUT2D eigenvalue weighted by atomic mass is 35.5. The third kappa shape index (κ3) is 3.41. The average Bonchev–Trinajstić information content (AvgIpc) is 2.85. The lowest BCUT2D eigenvalue weighted by Crippen LogP contribution is -2.41. The van der Waals surface area contributed by atoms with Crippen molar-refractivity contribution in [2.24, 2.45) is 5.92 Å². The highest BCUT2D eigenvalue weighted by molar-refractivity contribution is 5.94. The summed E-state index contributed by atoms with van der Waals surface area (Å²) in [7, 11) is 0. The van der Waals surface area contributed by atoms with Gasteiger partial charge in [0.1, 0.15) is 0 Å². The molecule has 0 radical (unpaired) electrons. The van der Waals surface area contributed by atoms with E-state index in [1.165, 1.54) is 42.5 Å². The second-order valence-corrected chi connectivity index (χ2v) is 7.46. The standard InChI is InChI=1S/C19H26N2O.ClH/c1-13-4-5-15-3-2-8-21(18(15)9-13)19(22)12-14-10-16-6-7-17(11-14)20-16;/h4-5,9,14,16-17,20H,2-3,6-8,10-12H2,1H3;1H. The molecule has 0 saturated carbocycles. The maximum Gasteiger partial charge on any atom is 0.227 e. The molecule has 3 nitrogen and oxygen atoms in total. The summed E-state index contributed by atoms with van der Waals surface area (Å²) < 4.78 is 0. The molecule has 3 heterocycles. The molecule has 23 heavy (non-hydrogen) atoms. The third-order valence-electron chi connectivity index (χ3n) is 5.69. The number of nitrogens with zero attached hydrogens (tertiary/aromatic N) is 1. The lowest BCUT2D eigenvalue weighted by molar-refractivity contribution is -0.119. The minimum atomic E-state index is 0. The molecular weight excluding hydrogens is 308 g/mol. The Kier molecular flexibility index (Phi) is 4.98. The molecule has 1 amide bonds. The van der Waals surface area contributed by atoms with Crippen molar-refractivity contribution in [2.45, 2.75) is 64.0 Å². The van der Waals surface area contributed by atoms with Gasteiger partial charge in [-0.25, -0.2) is 0 Å². The van der Waals surface area contributed by atoms with Gasteiger partial charge in [-0.15, -0.1) is 12.4 Å². The molecule has 1 aromatic rings. The molecule has 126 valence electrons. The zero-order valence-electron chi connectivity index (χ0n) is 13.9. The maximum atomic E-state index is 12.9. The number of benzene rings is 1. The second kappa shape index (κ2) is 6.82. The lowest BCUT2D eigenvalue weighted by Gasteiger charge is -2.33. The van der Waals surface area contributed by atoms with E-state index in [0.29, 0.717) is 23.9 Å². The van der Waals surface area contributed by atoms with Crippen molar-refractivity contribution in [3.63, 3.8) is 0 Å². The predicted octanol–water partition coefficient (Wildman–Crippen LogP) is 3.62. The van der Waals surface area contributed by atoms with E-state index in [1.54, 1.807) is 0 Å². The molecular formula is C19H27ClN2O. The number of aryl methyl sites for hydroxylation is 2. The van der Waals surface area contributed by atoms with Gasteiger partial charge >= 0.3 is 0 Å². The van der Waals surface area contributed by atoms with Crippen LogP contribution >= 0.6 is 12.4 Å². The van der Waals surface area contributed by atoms with E-state index in [9.17, 15) is 4.79 Å². The third-order valence-corrected chi connectivity index (χ3v) is 5.69. The van der Waals surface area contributed by atoms with Crippen LogP contribution in [-0.2, 0) is 11.2 Å². The average molecular weight is 335 g/mol. The number of carbonyl (C=O) groups is 1. The van der Waals surface area contributed by atoms with Gasteiger partial charge in [-0.2, -0.15) is 0 Å². The maximum absolute atomic E-state index is 12.9. The summed E-state index contributed by atoms with van der Waals surface area (Å²) in [5, 5.41) is 3.67. The van der Waals surface area contributed by atoms with Crippen molar-refractivity contribution < 1.29 is 4.79 Å². The quantitative estimate of drug-likeness (QED) is 0.896. The van der Waals surface area contributed by atoms with Crippen LogP contribution in [-0.4, -0.2) is 24.5 Å². The first-order valence-corrected chi connectivity index (χ1v) is 8.85. The Morgan fingerprint density at radius 2 is 2.00 bits per heavy atom. The molecule has 2 saturated heterocycles. The Bertz CT molecular complexity index is 577. The first kappa shape index (κ1) is 16.8. The van der Waals surface area contributed by atoms with E-state index in [4.69, 9.17) is 0 Å². The Morgan fingerprint density at radius 3 is 2.74 bits per heavy atom. The van der Waals surface area contributed by atoms with Crippen LogP contribution in [0.15, 0.2) is 18.2 Å². The van der Waals surface area contributed by atoms with Crippen LogP contribution in [0.1, 0.15) is 49.7 Å². The van der Waals surface area contributed by atoms with Gasteiger partial charge in [0.2, 0.25) is 5.91 Å². The number of piperidine rings is 1. The smallest absolute Gasteiger partial charge is 0.227 e. The Balaban J connectivity index is 0.00000156. The van der Waals surface area contributed by atoms with Gasteiger partial charge in [-0.3, -0.25) is 4.79 Å². The fourth-order valence-electron chi connectivity index (χ4n) is 4.64. The van der Waals surface area contributed by atoms with Crippen molar-refractivity contribution >= 4 is 24.0 Å². The first-order chi connectivity index (χ1) is 10.7. The molecule has 1 aromatic carbocycles. The fraction of sp³-hybridized carbons (Fsp3) is 0.632. The lowest BCUT2D eigenvalue weighted by atomic mass is 9.88. The summed E-state index contributed by atoms with van der Waals surface area (Å²) in [4.78, 5) is 14.9. The van der Waals surface area contributed by atoms with Gasteiger partial charge in [0.15, 0.2) is 0 Å². The number of rotatable bonds is 2. The molecule has 0 spiro atoms. The van der Waals surface area contributed by atoms with Crippen LogP contribution in [0.25, 0.3) is 0 Å². The van der Waals surface area contributed by atoms with Crippen molar-refractivity contribution in [1.82, 2.24) is 5.32 Å². The van der Waals surface area contributed by atoms with Crippen LogP contribution in [0, 0.1) is 12.8 Å². The summed E-state index contributed by atoms with van der Waals surface area (Å²) in [5.74, 6) is 0.930. The number of hydrogen-bond donors (Lipinski definition) is 1. The molecule has 0 aliphatic carbocycles. The number of anilines is 1. The summed E-state index contributed by atoms with van der Waals surface area (Å²) in [5.41, 5.74) is 3.77. The minimum absolute atomic E-state index is 0. The van der Waals surface area contributed by atoms with Crippen molar-refractivity contribution in [2.75, 3.05) is 11.4 Å². The topological polar surface area (TPSA) is 32.3 Å². The van der Waals surface area contributed by atoms with Crippen LogP contribution in [0.5, 0.6) is 0 Å². The fourth-order valence-corrected chi connectivity index (χ4v) is 4.64. The van der Waals surface area contributed by atoms with Gasteiger partial charge < -0.3 is 10.2 Å². The highest BCUT2D eigenvalue weighted by Crippen LogP contribution is 2.34. The van der Waals surface area contributed by atoms with E-state index in [-0.39, 0.29) is 12.4 Å². The largest absolute Gasteiger partial charge is 0.312 e. The number of amides is 1. The molecule has 1 N–H and O–H groups in total. The number of nitrogens with one attached hydrogen (secondary N) is 1.